The quantitative estimate of drug-likeness (QED) is 0.572. The van der Waals surface area contributed by atoms with Gasteiger partial charge >= 0.3 is 8.80 Å². The Morgan fingerprint density at radius 3 is 2.41 bits per heavy atom. The van der Waals surface area contributed by atoms with Gasteiger partial charge < -0.3 is 13.3 Å². The van der Waals surface area contributed by atoms with Gasteiger partial charge in [0.2, 0.25) is 0 Å². The van der Waals surface area contributed by atoms with Crippen LogP contribution in [0.1, 0.15) is 25.7 Å². The van der Waals surface area contributed by atoms with E-state index in [1.54, 1.807) is 21.3 Å². The second-order valence-electron chi connectivity index (χ2n) is 4.11. The highest BCUT2D eigenvalue weighted by molar-refractivity contribution is 9.27. The molecule has 2 atom stereocenters. The van der Waals surface area contributed by atoms with E-state index in [9.17, 15) is 0 Å². The van der Waals surface area contributed by atoms with Crippen molar-refractivity contribution in [2.75, 3.05) is 21.3 Å². The van der Waals surface area contributed by atoms with Crippen LogP contribution in [0.5, 0.6) is 0 Å². The van der Waals surface area contributed by atoms with Gasteiger partial charge in [-0.2, -0.15) is 0 Å². The van der Waals surface area contributed by atoms with Gasteiger partial charge in [-0.1, -0.05) is 34.4 Å². The summed E-state index contributed by atoms with van der Waals surface area (Å²) in [7, 11) is 10.2. The van der Waals surface area contributed by atoms with E-state index in [-0.39, 0.29) is 4.37 Å². The minimum absolute atomic E-state index is 0.0318. The average molecular weight is 331 g/mol. The molecule has 1 saturated heterocycles. The molecule has 2 fully saturated rings. The van der Waals surface area contributed by atoms with E-state index in [0.717, 1.165) is 6.42 Å². The maximum atomic E-state index is 5.77. The molecule has 2 aliphatic rings. The van der Waals surface area contributed by atoms with Gasteiger partial charge in [-0.15, -0.1) is 0 Å². The fourth-order valence-corrected chi connectivity index (χ4v) is 17.3. The summed E-state index contributed by atoms with van der Waals surface area (Å²) < 4.78 is 17.4. The van der Waals surface area contributed by atoms with E-state index in [1.807, 2.05) is 41.2 Å². The van der Waals surface area contributed by atoms with Crippen molar-refractivity contribution < 1.29 is 13.3 Å². The lowest BCUT2D eigenvalue weighted by atomic mass is 9.99. The first-order valence-corrected chi connectivity index (χ1v) is 12.2. The van der Waals surface area contributed by atoms with Crippen LogP contribution in [0.3, 0.4) is 0 Å². The Morgan fingerprint density at radius 2 is 1.76 bits per heavy atom. The molecule has 8 heteroatoms. The maximum absolute atomic E-state index is 5.77. The molecule has 2 unspecified atom stereocenters. The molecule has 1 saturated carbocycles. The standard InChI is InChI=1S/C9H18O3S4Si/c1-10-17(11-2,12-3)9-7-5-4-6-8(9)13-15-16-14-9/h8H,4-7H2,1-3H3. The first kappa shape index (κ1) is 14.9. The van der Waals surface area contributed by atoms with Crippen LogP contribution < -0.4 is 0 Å². The molecule has 100 valence electrons. The third kappa shape index (κ3) is 2.44. The molecule has 1 aliphatic heterocycles. The molecule has 0 aromatic carbocycles. The van der Waals surface area contributed by atoms with Crippen molar-refractivity contribution in [1.29, 1.82) is 0 Å². The van der Waals surface area contributed by atoms with Crippen molar-refractivity contribution in [1.82, 2.24) is 0 Å². The molecule has 1 heterocycles. The molecule has 0 radical (unpaired) electrons. The normalized spacial score (nSPS) is 34.4. The Hall–Kier alpha value is 1.50. The van der Waals surface area contributed by atoms with Gasteiger partial charge in [-0.25, -0.2) is 0 Å². The van der Waals surface area contributed by atoms with Gasteiger partial charge in [-0.3, -0.25) is 0 Å². The van der Waals surface area contributed by atoms with Gasteiger partial charge in [0.05, 0.1) is 0 Å². The molecular weight excluding hydrogens is 312 g/mol. The fraction of sp³-hybridized carbons (Fsp3) is 1.00. The fourth-order valence-electron chi connectivity index (χ4n) is 2.64. The summed E-state index contributed by atoms with van der Waals surface area (Å²) in [5.41, 5.74) is 0. The lowest BCUT2D eigenvalue weighted by Gasteiger charge is -2.50. The Kier molecular flexibility index (Phi) is 5.52. The molecule has 1 aliphatic carbocycles. The van der Waals surface area contributed by atoms with E-state index in [4.69, 9.17) is 13.3 Å². The minimum atomic E-state index is -2.59. The maximum Gasteiger partial charge on any atom is 0.519 e. The number of hydrogen-bond acceptors (Lipinski definition) is 7. The number of fused-ring (bicyclic) bond motifs is 1. The topological polar surface area (TPSA) is 27.7 Å². The Bertz CT molecular complexity index is 244. The highest BCUT2D eigenvalue weighted by atomic mass is 33.7. The summed E-state index contributed by atoms with van der Waals surface area (Å²) in [4.78, 5) is 0. The van der Waals surface area contributed by atoms with Crippen molar-refractivity contribution in [3.8, 4) is 0 Å². The summed E-state index contributed by atoms with van der Waals surface area (Å²) in [6.07, 6.45) is 4.95. The number of hydrogen-bond donors (Lipinski definition) is 0. The van der Waals surface area contributed by atoms with Crippen LogP contribution in [0.15, 0.2) is 0 Å². The molecular formula is C9H18O3S4Si. The summed E-state index contributed by atoms with van der Waals surface area (Å²) in [5, 5.41) is 0.582. The lowest BCUT2D eigenvalue weighted by Crippen LogP contribution is -2.67. The largest absolute Gasteiger partial charge is 0.519 e. The van der Waals surface area contributed by atoms with Gasteiger partial charge in [-0.05, 0) is 32.5 Å². The Labute approximate surface area is 119 Å². The minimum Gasteiger partial charge on any atom is -0.376 e. The molecule has 2 rings (SSSR count). The highest BCUT2D eigenvalue weighted by Gasteiger charge is 2.66. The van der Waals surface area contributed by atoms with Crippen molar-refractivity contribution in [2.24, 2.45) is 0 Å². The first-order valence-electron chi connectivity index (χ1n) is 5.58. The second kappa shape index (κ2) is 6.30. The van der Waals surface area contributed by atoms with E-state index >= 15 is 0 Å². The van der Waals surface area contributed by atoms with Crippen molar-refractivity contribution in [3.05, 3.63) is 0 Å². The molecule has 0 spiro atoms. The zero-order chi connectivity index (χ0) is 12.4. The average Bonchev–Trinajstić information content (AvgIpc) is 2.41. The molecule has 17 heavy (non-hydrogen) atoms. The second-order valence-corrected chi connectivity index (χ2v) is 14.0. The van der Waals surface area contributed by atoms with E-state index in [1.165, 1.54) is 19.3 Å². The van der Waals surface area contributed by atoms with Crippen LogP contribution in [0.2, 0.25) is 0 Å². The van der Waals surface area contributed by atoms with Gasteiger partial charge in [0, 0.05) is 26.6 Å². The monoisotopic (exact) mass is 330 g/mol. The van der Waals surface area contributed by atoms with Crippen LogP contribution >= 0.6 is 41.2 Å². The van der Waals surface area contributed by atoms with Crippen molar-refractivity contribution in [3.63, 3.8) is 0 Å². The first-order chi connectivity index (χ1) is 8.24. The lowest BCUT2D eigenvalue weighted by molar-refractivity contribution is 0.101. The van der Waals surface area contributed by atoms with Gasteiger partial charge in [0.15, 0.2) is 0 Å². The van der Waals surface area contributed by atoms with Crippen LogP contribution in [0, 0.1) is 0 Å². The third-order valence-corrected chi connectivity index (χ3v) is 16.0. The third-order valence-electron chi connectivity index (χ3n) is 3.48. The van der Waals surface area contributed by atoms with E-state index in [0.29, 0.717) is 5.25 Å². The van der Waals surface area contributed by atoms with Crippen molar-refractivity contribution in [2.45, 2.75) is 35.3 Å². The van der Waals surface area contributed by atoms with Crippen LogP contribution in [0.4, 0.5) is 0 Å². The van der Waals surface area contributed by atoms with E-state index in [2.05, 4.69) is 0 Å². The van der Waals surface area contributed by atoms with Crippen molar-refractivity contribution >= 4 is 50.0 Å². The van der Waals surface area contributed by atoms with Gasteiger partial charge in [0.1, 0.15) is 4.37 Å². The number of rotatable bonds is 4. The molecule has 0 N–H and O–H groups in total. The smallest absolute Gasteiger partial charge is 0.376 e. The predicted octanol–water partition coefficient (Wildman–Crippen LogP) is 3.78. The molecule has 3 nitrogen and oxygen atoms in total. The molecule has 0 aromatic heterocycles. The SMILES string of the molecule is CO[Si](OC)(OC)C12CCCCC1SSSS2. The Balaban J connectivity index is 2.33. The molecule has 0 amide bonds. The summed E-state index contributed by atoms with van der Waals surface area (Å²) in [5.74, 6) is 0. The predicted molar refractivity (Wildman–Crippen MR) is 82.1 cm³/mol. The highest BCUT2D eigenvalue weighted by Crippen LogP contribution is 2.66. The summed E-state index contributed by atoms with van der Waals surface area (Å²) in [6, 6.07) is 0. The zero-order valence-electron chi connectivity index (χ0n) is 10.3. The molecule has 0 bridgehead atoms. The molecule has 0 aromatic rings. The van der Waals surface area contributed by atoms with Crippen LogP contribution in [0.25, 0.3) is 0 Å². The zero-order valence-corrected chi connectivity index (χ0v) is 14.5. The van der Waals surface area contributed by atoms with Crippen LogP contribution in [-0.2, 0) is 13.3 Å². The Morgan fingerprint density at radius 1 is 1.06 bits per heavy atom. The van der Waals surface area contributed by atoms with Gasteiger partial charge in [0.25, 0.3) is 0 Å². The van der Waals surface area contributed by atoms with Crippen LogP contribution in [-0.4, -0.2) is 39.8 Å². The summed E-state index contributed by atoms with van der Waals surface area (Å²) in [6.45, 7) is 0. The summed E-state index contributed by atoms with van der Waals surface area (Å²) >= 11 is 0. The van der Waals surface area contributed by atoms with E-state index < -0.39 is 8.80 Å².